The summed E-state index contributed by atoms with van der Waals surface area (Å²) in [6.45, 7) is 8.72. The van der Waals surface area contributed by atoms with Gasteiger partial charge in [0.05, 0.1) is 37.2 Å². The van der Waals surface area contributed by atoms with Gasteiger partial charge in [-0.05, 0) is 52.3 Å². The van der Waals surface area contributed by atoms with E-state index in [1.165, 1.54) is 0 Å². The molecule has 0 fully saturated rings. The van der Waals surface area contributed by atoms with Gasteiger partial charge in [-0.2, -0.15) is 0 Å². The third kappa shape index (κ3) is 7.03. The van der Waals surface area contributed by atoms with E-state index in [4.69, 9.17) is 9.47 Å². The van der Waals surface area contributed by atoms with Crippen LogP contribution in [0.15, 0.2) is 54.7 Å². The van der Waals surface area contributed by atoms with Gasteiger partial charge in [0.25, 0.3) is 0 Å². The number of hydrogen-bond donors (Lipinski definition) is 3. The Kier molecular flexibility index (Phi) is 8.14. The van der Waals surface area contributed by atoms with Gasteiger partial charge >= 0.3 is 6.09 Å². The molecule has 0 spiro atoms. The molecule has 9 heteroatoms. The monoisotopic (exact) mass is 482 g/mol. The van der Waals surface area contributed by atoms with Crippen molar-refractivity contribution in [3.8, 4) is 0 Å². The maximum absolute atomic E-state index is 13.3. The molecule has 3 rings (SSSR count). The Bertz CT molecular complexity index is 1150. The van der Waals surface area contributed by atoms with Crippen molar-refractivity contribution in [2.45, 2.75) is 65.0 Å². The van der Waals surface area contributed by atoms with Gasteiger partial charge in [0.2, 0.25) is 5.91 Å². The van der Waals surface area contributed by atoms with E-state index in [1.54, 1.807) is 51.3 Å². The average Bonchev–Trinajstić information content (AvgIpc) is 3.21. The summed E-state index contributed by atoms with van der Waals surface area (Å²) in [5.41, 5.74) is 0.434. The Morgan fingerprint density at radius 3 is 2.43 bits per heavy atom. The largest absolute Gasteiger partial charge is 0.444 e. The molecule has 0 saturated heterocycles. The van der Waals surface area contributed by atoms with Crippen LogP contribution in [0.5, 0.6) is 0 Å². The maximum atomic E-state index is 13.3. The van der Waals surface area contributed by atoms with Crippen LogP contribution in [0.3, 0.4) is 0 Å². The van der Waals surface area contributed by atoms with Gasteiger partial charge in [0.1, 0.15) is 23.0 Å². The van der Waals surface area contributed by atoms with Crippen molar-refractivity contribution in [3.63, 3.8) is 0 Å². The van der Waals surface area contributed by atoms with Crippen LogP contribution >= 0.6 is 0 Å². The summed E-state index contributed by atoms with van der Waals surface area (Å²) in [7, 11) is 0. The van der Waals surface area contributed by atoms with Crippen molar-refractivity contribution < 1.29 is 24.2 Å². The van der Waals surface area contributed by atoms with Crippen LogP contribution in [-0.2, 0) is 27.5 Å². The van der Waals surface area contributed by atoms with Gasteiger partial charge in [0, 0.05) is 0 Å². The number of carbonyl (C=O) groups is 2. The molecule has 9 nitrogen and oxygen atoms in total. The highest BCUT2D eigenvalue weighted by atomic mass is 16.6. The summed E-state index contributed by atoms with van der Waals surface area (Å²) in [4.78, 5) is 30.1. The smallest absolute Gasteiger partial charge is 0.408 e. The van der Waals surface area contributed by atoms with Crippen LogP contribution in [0.2, 0.25) is 0 Å². The summed E-state index contributed by atoms with van der Waals surface area (Å²) >= 11 is 0. The minimum absolute atomic E-state index is 0.127. The van der Waals surface area contributed by atoms with E-state index >= 15 is 0 Å². The van der Waals surface area contributed by atoms with Crippen molar-refractivity contribution in [1.29, 1.82) is 0 Å². The lowest BCUT2D eigenvalue weighted by molar-refractivity contribution is -0.127. The van der Waals surface area contributed by atoms with E-state index in [1.807, 2.05) is 42.5 Å². The van der Waals surface area contributed by atoms with Crippen LogP contribution in [0.1, 0.15) is 57.7 Å². The van der Waals surface area contributed by atoms with Gasteiger partial charge in [-0.25, -0.2) is 9.78 Å². The number of aliphatic hydroxyl groups is 1. The Balaban J connectivity index is 1.83. The fraction of sp³-hybridized carbons (Fsp3) is 0.423. The molecule has 1 unspecified atom stereocenters. The van der Waals surface area contributed by atoms with Gasteiger partial charge in [-0.3, -0.25) is 9.20 Å². The number of amides is 2. The molecule has 0 saturated carbocycles. The zero-order valence-electron chi connectivity index (χ0n) is 20.9. The third-order valence-corrected chi connectivity index (χ3v) is 5.22. The molecule has 0 bridgehead atoms. The molecule has 0 aliphatic rings. The molecular weight excluding hydrogens is 448 g/mol. The van der Waals surface area contributed by atoms with Crippen LogP contribution in [0.25, 0.3) is 5.52 Å². The lowest BCUT2D eigenvalue weighted by atomic mass is 10.0. The first-order chi connectivity index (χ1) is 16.5. The number of carbonyl (C=O) groups excluding carboxylic acids is 2. The Morgan fingerprint density at radius 2 is 1.77 bits per heavy atom. The molecule has 3 N–H and O–H groups in total. The summed E-state index contributed by atoms with van der Waals surface area (Å²) < 4.78 is 13.0. The zero-order chi connectivity index (χ0) is 25.6. The van der Waals surface area contributed by atoms with Crippen LogP contribution in [0.4, 0.5) is 4.79 Å². The SMILES string of the molecule is CC(C)(C)OC(=O)NC(C)(C)C(=O)NC(COCc1ccccc1)c1ncc2cccc(CO)n12. The lowest BCUT2D eigenvalue weighted by Gasteiger charge is -2.29. The summed E-state index contributed by atoms with van der Waals surface area (Å²) in [6, 6.07) is 14.5. The minimum atomic E-state index is -1.27. The third-order valence-electron chi connectivity index (χ3n) is 5.22. The fourth-order valence-electron chi connectivity index (χ4n) is 3.52. The second-order valence-electron chi connectivity index (χ2n) is 9.83. The molecular formula is C26H34N4O5. The molecule has 2 aromatic heterocycles. The van der Waals surface area contributed by atoms with Crippen molar-refractivity contribution in [1.82, 2.24) is 20.0 Å². The van der Waals surface area contributed by atoms with E-state index in [9.17, 15) is 14.7 Å². The molecule has 1 atom stereocenters. The van der Waals surface area contributed by atoms with Gasteiger partial charge in [-0.1, -0.05) is 36.4 Å². The molecule has 188 valence electrons. The predicted molar refractivity (Wildman–Crippen MR) is 132 cm³/mol. The first-order valence-corrected chi connectivity index (χ1v) is 11.5. The first-order valence-electron chi connectivity index (χ1n) is 11.5. The number of rotatable bonds is 9. The standard InChI is InChI=1S/C26H34N4O5/c1-25(2,3)35-24(33)29-26(4,5)23(32)28-21(17-34-16-18-10-7-6-8-11-18)22-27-14-19-12-9-13-20(15-31)30(19)22/h6-14,21,31H,15-17H2,1-5H3,(H,28,32)(H,29,33). The van der Waals surface area contributed by atoms with Crippen LogP contribution in [0, 0.1) is 0 Å². The Hall–Kier alpha value is -3.43. The maximum Gasteiger partial charge on any atom is 0.408 e. The molecule has 0 aliphatic carbocycles. The molecule has 0 radical (unpaired) electrons. The normalized spacial score (nSPS) is 12.9. The molecule has 1 aromatic carbocycles. The fourth-order valence-corrected chi connectivity index (χ4v) is 3.52. The predicted octanol–water partition coefficient (Wildman–Crippen LogP) is 3.50. The number of nitrogens with one attached hydrogen (secondary N) is 2. The zero-order valence-corrected chi connectivity index (χ0v) is 20.9. The highest BCUT2D eigenvalue weighted by Crippen LogP contribution is 2.20. The highest BCUT2D eigenvalue weighted by Gasteiger charge is 2.34. The number of imidazole rings is 1. The average molecular weight is 483 g/mol. The molecule has 0 aliphatic heterocycles. The van der Waals surface area contributed by atoms with E-state index in [2.05, 4.69) is 15.6 Å². The number of ether oxygens (including phenoxy) is 2. The molecule has 3 aromatic rings. The number of pyridine rings is 1. The minimum Gasteiger partial charge on any atom is -0.444 e. The van der Waals surface area contributed by atoms with Crippen LogP contribution in [-0.4, -0.2) is 44.2 Å². The van der Waals surface area contributed by atoms with E-state index < -0.39 is 29.2 Å². The second kappa shape index (κ2) is 10.9. The number of hydrogen-bond acceptors (Lipinski definition) is 6. The number of benzene rings is 1. The summed E-state index contributed by atoms with van der Waals surface area (Å²) in [5.74, 6) is 0.0778. The molecule has 2 heterocycles. The van der Waals surface area contributed by atoms with E-state index in [0.29, 0.717) is 18.1 Å². The molecule has 35 heavy (non-hydrogen) atoms. The van der Waals surface area contributed by atoms with Crippen molar-refractivity contribution in [2.24, 2.45) is 0 Å². The quantitative estimate of drug-likeness (QED) is 0.430. The van der Waals surface area contributed by atoms with Gasteiger partial charge < -0.3 is 25.2 Å². The number of alkyl carbamates (subject to hydrolysis) is 1. The van der Waals surface area contributed by atoms with E-state index in [0.717, 1.165) is 11.1 Å². The van der Waals surface area contributed by atoms with E-state index in [-0.39, 0.29) is 13.2 Å². The first kappa shape index (κ1) is 26.2. The highest BCUT2D eigenvalue weighted by molar-refractivity contribution is 5.89. The topological polar surface area (TPSA) is 114 Å². The van der Waals surface area contributed by atoms with Crippen molar-refractivity contribution >= 4 is 17.5 Å². The summed E-state index contributed by atoms with van der Waals surface area (Å²) in [6.07, 6.45) is 0.984. The number of aliphatic hydroxyl groups excluding tert-OH is 1. The van der Waals surface area contributed by atoms with Crippen molar-refractivity contribution in [3.05, 3.63) is 71.8 Å². The summed E-state index contributed by atoms with van der Waals surface area (Å²) in [5, 5.41) is 15.4. The van der Waals surface area contributed by atoms with Crippen molar-refractivity contribution in [2.75, 3.05) is 6.61 Å². The molecule has 2 amide bonds. The van der Waals surface area contributed by atoms with Crippen LogP contribution < -0.4 is 10.6 Å². The Morgan fingerprint density at radius 1 is 1.06 bits per heavy atom. The number of fused-ring (bicyclic) bond motifs is 1. The van der Waals surface area contributed by atoms with Gasteiger partial charge in [-0.15, -0.1) is 0 Å². The lowest BCUT2D eigenvalue weighted by Crippen LogP contribution is -2.56. The number of nitrogens with zero attached hydrogens (tertiary/aromatic N) is 2. The van der Waals surface area contributed by atoms with Gasteiger partial charge in [0.15, 0.2) is 0 Å². The Labute approximate surface area is 205 Å². The number of aromatic nitrogens is 2. The second-order valence-corrected chi connectivity index (χ2v) is 9.83.